The molecular weight excluding hydrogens is 190 g/mol. The third-order valence-electron chi connectivity index (χ3n) is 3.43. The molecule has 0 unspecified atom stereocenters. The van der Waals surface area contributed by atoms with Gasteiger partial charge in [0.15, 0.2) is 0 Å². The Balaban J connectivity index is 1.86. The highest BCUT2D eigenvalue weighted by atomic mass is 16.2. The summed E-state index contributed by atoms with van der Waals surface area (Å²) in [5.74, 6) is 0.790. The third-order valence-corrected chi connectivity index (χ3v) is 3.43. The van der Waals surface area contributed by atoms with Crippen LogP contribution in [0.4, 0.5) is 0 Å². The van der Waals surface area contributed by atoms with E-state index in [-0.39, 0.29) is 12.5 Å². The van der Waals surface area contributed by atoms with Crippen molar-refractivity contribution >= 4 is 5.91 Å². The summed E-state index contributed by atoms with van der Waals surface area (Å²) >= 11 is 0. The molecule has 1 amide bonds. The zero-order valence-electron chi connectivity index (χ0n) is 9.48. The fraction of sp³-hybridized carbons (Fsp3) is 0.909. The van der Waals surface area contributed by atoms with Crippen LogP contribution in [0.15, 0.2) is 0 Å². The second-order valence-corrected chi connectivity index (χ2v) is 4.90. The molecule has 2 aliphatic rings. The Bertz CT molecular complexity index is 240. The van der Waals surface area contributed by atoms with Crippen LogP contribution < -0.4 is 5.73 Å². The topological polar surface area (TPSA) is 49.6 Å². The smallest absolute Gasteiger partial charge is 0.236 e. The highest BCUT2D eigenvalue weighted by molar-refractivity contribution is 5.78. The number of hydrogen-bond donors (Lipinski definition) is 1. The van der Waals surface area contributed by atoms with Gasteiger partial charge in [0.2, 0.25) is 5.91 Å². The van der Waals surface area contributed by atoms with Gasteiger partial charge < -0.3 is 15.5 Å². The average molecular weight is 211 g/mol. The number of carbonyl (C=O) groups excluding carboxylic acids is 1. The van der Waals surface area contributed by atoms with Crippen LogP contribution >= 0.6 is 0 Å². The Labute approximate surface area is 91.4 Å². The predicted octanol–water partition coefficient (Wildman–Crippen LogP) is -0.112. The summed E-state index contributed by atoms with van der Waals surface area (Å²) in [7, 11) is 2.15. The SMILES string of the molecule is CN1CC[C@@H](CN(C(=O)CN)C2CC2)C1. The summed E-state index contributed by atoms with van der Waals surface area (Å²) in [4.78, 5) is 16.0. The molecule has 0 radical (unpaired) electrons. The molecule has 2 fully saturated rings. The first kappa shape index (κ1) is 10.9. The molecule has 2 N–H and O–H groups in total. The van der Waals surface area contributed by atoms with Crippen molar-refractivity contribution in [2.45, 2.75) is 25.3 Å². The van der Waals surface area contributed by atoms with Gasteiger partial charge in [-0.15, -0.1) is 0 Å². The van der Waals surface area contributed by atoms with E-state index in [4.69, 9.17) is 5.73 Å². The van der Waals surface area contributed by atoms with Crippen LogP contribution in [0.3, 0.4) is 0 Å². The average Bonchev–Trinajstić information content (AvgIpc) is 2.98. The number of nitrogens with two attached hydrogens (primary N) is 1. The van der Waals surface area contributed by atoms with E-state index in [0.29, 0.717) is 12.0 Å². The number of amides is 1. The van der Waals surface area contributed by atoms with Gasteiger partial charge in [0, 0.05) is 19.1 Å². The summed E-state index contributed by atoms with van der Waals surface area (Å²) in [5.41, 5.74) is 5.44. The van der Waals surface area contributed by atoms with E-state index in [9.17, 15) is 4.79 Å². The van der Waals surface area contributed by atoms with Crippen molar-refractivity contribution in [2.75, 3.05) is 33.2 Å². The first-order valence-corrected chi connectivity index (χ1v) is 5.88. The van der Waals surface area contributed by atoms with E-state index in [2.05, 4.69) is 11.9 Å². The molecule has 1 saturated carbocycles. The Hall–Kier alpha value is -0.610. The van der Waals surface area contributed by atoms with Crippen LogP contribution in [0, 0.1) is 5.92 Å². The Kier molecular flexibility index (Phi) is 3.26. The molecule has 0 aromatic rings. The summed E-state index contributed by atoms with van der Waals surface area (Å²) in [6, 6.07) is 0.506. The first-order chi connectivity index (χ1) is 7.20. The van der Waals surface area contributed by atoms with Gasteiger partial charge in [0.05, 0.1) is 6.54 Å². The number of hydrogen-bond acceptors (Lipinski definition) is 3. The second kappa shape index (κ2) is 4.49. The minimum Gasteiger partial charge on any atom is -0.338 e. The molecule has 1 atom stereocenters. The van der Waals surface area contributed by atoms with E-state index in [0.717, 1.165) is 13.1 Å². The number of carbonyl (C=O) groups is 1. The molecule has 1 heterocycles. The van der Waals surface area contributed by atoms with Gasteiger partial charge in [-0.2, -0.15) is 0 Å². The highest BCUT2D eigenvalue weighted by Gasteiger charge is 2.34. The monoisotopic (exact) mass is 211 g/mol. The molecule has 1 aliphatic carbocycles. The van der Waals surface area contributed by atoms with Gasteiger partial charge in [-0.05, 0) is 38.8 Å². The summed E-state index contributed by atoms with van der Waals surface area (Å²) in [6.07, 6.45) is 3.57. The molecule has 0 spiro atoms. The lowest BCUT2D eigenvalue weighted by molar-refractivity contribution is -0.130. The van der Waals surface area contributed by atoms with Gasteiger partial charge >= 0.3 is 0 Å². The van der Waals surface area contributed by atoms with E-state index < -0.39 is 0 Å². The maximum atomic E-state index is 11.7. The molecule has 86 valence electrons. The van der Waals surface area contributed by atoms with Gasteiger partial charge in [-0.25, -0.2) is 0 Å². The molecule has 0 aromatic carbocycles. The lowest BCUT2D eigenvalue weighted by Gasteiger charge is -2.25. The van der Waals surface area contributed by atoms with Gasteiger partial charge in [-0.3, -0.25) is 4.79 Å². The van der Waals surface area contributed by atoms with E-state index in [1.807, 2.05) is 4.90 Å². The van der Waals surface area contributed by atoms with Gasteiger partial charge in [-0.1, -0.05) is 0 Å². The summed E-state index contributed by atoms with van der Waals surface area (Å²) < 4.78 is 0. The van der Waals surface area contributed by atoms with E-state index in [1.165, 1.54) is 25.8 Å². The lowest BCUT2D eigenvalue weighted by Crippen LogP contribution is -2.41. The highest BCUT2D eigenvalue weighted by Crippen LogP contribution is 2.29. The molecular formula is C11H21N3O. The fourth-order valence-corrected chi connectivity index (χ4v) is 2.41. The molecule has 4 heteroatoms. The Morgan fingerprint density at radius 1 is 1.47 bits per heavy atom. The molecule has 1 saturated heterocycles. The van der Waals surface area contributed by atoms with Crippen molar-refractivity contribution in [1.29, 1.82) is 0 Å². The van der Waals surface area contributed by atoms with E-state index >= 15 is 0 Å². The van der Waals surface area contributed by atoms with Gasteiger partial charge in [0.1, 0.15) is 0 Å². The number of rotatable bonds is 4. The fourth-order valence-electron chi connectivity index (χ4n) is 2.41. The van der Waals surface area contributed by atoms with Gasteiger partial charge in [0.25, 0.3) is 0 Å². The lowest BCUT2D eigenvalue weighted by atomic mass is 10.1. The van der Waals surface area contributed by atoms with Crippen molar-refractivity contribution in [1.82, 2.24) is 9.80 Å². The Morgan fingerprint density at radius 2 is 2.20 bits per heavy atom. The third kappa shape index (κ3) is 2.69. The zero-order chi connectivity index (χ0) is 10.8. The maximum absolute atomic E-state index is 11.7. The minimum atomic E-state index is 0.132. The van der Waals surface area contributed by atoms with Crippen LogP contribution in [-0.2, 0) is 4.79 Å². The second-order valence-electron chi connectivity index (χ2n) is 4.90. The molecule has 4 nitrogen and oxygen atoms in total. The van der Waals surface area contributed by atoms with Crippen molar-refractivity contribution in [3.8, 4) is 0 Å². The summed E-state index contributed by atoms with van der Waals surface area (Å²) in [6.45, 7) is 3.38. The molecule has 1 aliphatic heterocycles. The standard InChI is InChI=1S/C11H21N3O/c1-13-5-4-9(7-13)8-14(10-2-3-10)11(15)6-12/h9-10H,2-8,12H2,1H3/t9-/m1/s1. The normalized spacial score (nSPS) is 26.9. The number of likely N-dealkylation sites (tertiary alicyclic amines) is 1. The first-order valence-electron chi connectivity index (χ1n) is 5.88. The molecule has 15 heavy (non-hydrogen) atoms. The molecule has 0 bridgehead atoms. The van der Waals surface area contributed by atoms with Crippen LogP contribution in [-0.4, -0.2) is 55.0 Å². The van der Waals surface area contributed by atoms with Crippen LogP contribution in [0.5, 0.6) is 0 Å². The van der Waals surface area contributed by atoms with Crippen LogP contribution in [0.2, 0.25) is 0 Å². The van der Waals surface area contributed by atoms with Crippen molar-refractivity contribution in [3.63, 3.8) is 0 Å². The maximum Gasteiger partial charge on any atom is 0.236 e. The van der Waals surface area contributed by atoms with Crippen LogP contribution in [0.25, 0.3) is 0 Å². The predicted molar refractivity (Wildman–Crippen MR) is 59.4 cm³/mol. The summed E-state index contributed by atoms with van der Waals surface area (Å²) in [5, 5.41) is 0. The van der Waals surface area contributed by atoms with Crippen molar-refractivity contribution in [3.05, 3.63) is 0 Å². The Morgan fingerprint density at radius 3 is 2.67 bits per heavy atom. The quantitative estimate of drug-likeness (QED) is 0.706. The van der Waals surface area contributed by atoms with Crippen LogP contribution in [0.1, 0.15) is 19.3 Å². The van der Waals surface area contributed by atoms with Crippen molar-refractivity contribution < 1.29 is 4.79 Å². The minimum absolute atomic E-state index is 0.132. The largest absolute Gasteiger partial charge is 0.338 e. The van der Waals surface area contributed by atoms with E-state index in [1.54, 1.807) is 0 Å². The molecule has 0 aromatic heterocycles. The molecule has 2 rings (SSSR count). The number of nitrogens with zero attached hydrogens (tertiary/aromatic N) is 2. The van der Waals surface area contributed by atoms with Crippen molar-refractivity contribution in [2.24, 2.45) is 11.7 Å². The zero-order valence-corrected chi connectivity index (χ0v) is 9.48.